The number of benzene rings is 1. The van der Waals surface area contributed by atoms with Gasteiger partial charge in [-0.3, -0.25) is 4.90 Å². The fourth-order valence-electron chi connectivity index (χ4n) is 3.40. The molecule has 0 radical (unpaired) electrons. The summed E-state index contributed by atoms with van der Waals surface area (Å²) < 4.78 is 0. The van der Waals surface area contributed by atoms with Gasteiger partial charge in [-0.05, 0) is 55.8 Å². The number of halogens is 1. The first kappa shape index (κ1) is 19.5. The van der Waals surface area contributed by atoms with Crippen molar-refractivity contribution in [2.75, 3.05) is 19.6 Å². The quantitative estimate of drug-likeness (QED) is 0.403. The van der Waals surface area contributed by atoms with E-state index in [4.69, 9.17) is 5.73 Å². The fourth-order valence-corrected chi connectivity index (χ4v) is 3.40. The molecule has 134 valence electrons. The molecule has 3 rings (SSSR count). The van der Waals surface area contributed by atoms with Crippen LogP contribution in [-0.2, 0) is 13.1 Å². The maximum absolute atomic E-state index is 6.01. The second-order valence-corrected chi connectivity index (χ2v) is 6.98. The number of piperidine rings is 1. The predicted octanol–water partition coefficient (Wildman–Crippen LogP) is 3.49. The van der Waals surface area contributed by atoms with Crippen LogP contribution in [0.1, 0.15) is 49.7 Å². The third-order valence-electron chi connectivity index (χ3n) is 5.18. The standard InChI is InChI=1S/C19H30N4.HI/c20-19(21-13-16-7-6-8-16)22-14-17-9-2-3-10-18(17)15-23-11-4-1-5-12-23;/h2-3,9-10,16H,1,4-8,11-15H2,(H3,20,21,22);1H. The van der Waals surface area contributed by atoms with Gasteiger partial charge in [0, 0.05) is 13.1 Å². The summed E-state index contributed by atoms with van der Waals surface area (Å²) in [6.45, 7) is 5.14. The van der Waals surface area contributed by atoms with Crippen LogP contribution in [0.2, 0.25) is 0 Å². The minimum Gasteiger partial charge on any atom is -0.370 e. The highest BCUT2D eigenvalue weighted by atomic mass is 127. The van der Waals surface area contributed by atoms with Crippen LogP contribution < -0.4 is 11.1 Å². The van der Waals surface area contributed by atoms with Crippen molar-refractivity contribution < 1.29 is 0 Å². The molecule has 5 heteroatoms. The molecule has 1 saturated heterocycles. The molecule has 2 fully saturated rings. The largest absolute Gasteiger partial charge is 0.370 e. The van der Waals surface area contributed by atoms with E-state index >= 15 is 0 Å². The molecule has 0 atom stereocenters. The van der Waals surface area contributed by atoms with E-state index in [9.17, 15) is 0 Å². The van der Waals surface area contributed by atoms with Gasteiger partial charge in [0.25, 0.3) is 0 Å². The number of nitrogens with zero attached hydrogens (tertiary/aromatic N) is 2. The lowest BCUT2D eigenvalue weighted by Gasteiger charge is -2.27. The number of likely N-dealkylation sites (tertiary alicyclic amines) is 1. The van der Waals surface area contributed by atoms with Crippen LogP contribution in [-0.4, -0.2) is 30.5 Å². The number of guanidine groups is 1. The van der Waals surface area contributed by atoms with Crippen molar-refractivity contribution in [2.24, 2.45) is 16.6 Å². The predicted molar refractivity (Wildman–Crippen MR) is 112 cm³/mol. The molecule has 0 unspecified atom stereocenters. The molecular weight excluding hydrogens is 411 g/mol. The Balaban J connectivity index is 0.00000208. The number of nitrogens with one attached hydrogen (secondary N) is 1. The summed E-state index contributed by atoms with van der Waals surface area (Å²) in [6.07, 6.45) is 8.08. The van der Waals surface area contributed by atoms with Crippen molar-refractivity contribution in [3.8, 4) is 0 Å². The summed E-state index contributed by atoms with van der Waals surface area (Å²) >= 11 is 0. The molecule has 1 aromatic carbocycles. The number of hydrogen-bond acceptors (Lipinski definition) is 2. The maximum Gasteiger partial charge on any atom is 0.188 e. The minimum atomic E-state index is 0. The van der Waals surface area contributed by atoms with Crippen molar-refractivity contribution in [2.45, 2.75) is 51.6 Å². The SMILES string of the molecule is I.NC(=NCc1ccccc1CN1CCCCC1)NCC1CCC1. The number of nitrogens with two attached hydrogens (primary N) is 1. The van der Waals surface area contributed by atoms with Crippen LogP contribution in [0, 0.1) is 5.92 Å². The van der Waals surface area contributed by atoms with Gasteiger partial charge in [-0.1, -0.05) is 37.1 Å². The summed E-state index contributed by atoms with van der Waals surface area (Å²) in [5.41, 5.74) is 8.70. The van der Waals surface area contributed by atoms with Crippen LogP contribution in [0.3, 0.4) is 0 Å². The average Bonchev–Trinajstić information content (AvgIpc) is 2.53. The monoisotopic (exact) mass is 442 g/mol. The molecule has 1 saturated carbocycles. The van der Waals surface area contributed by atoms with E-state index in [-0.39, 0.29) is 24.0 Å². The number of rotatable bonds is 6. The molecule has 1 aliphatic heterocycles. The highest BCUT2D eigenvalue weighted by molar-refractivity contribution is 14.0. The van der Waals surface area contributed by atoms with Gasteiger partial charge in [-0.25, -0.2) is 4.99 Å². The lowest BCUT2D eigenvalue weighted by atomic mass is 9.85. The third kappa shape index (κ3) is 5.92. The van der Waals surface area contributed by atoms with Gasteiger partial charge >= 0.3 is 0 Å². The van der Waals surface area contributed by atoms with Crippen molar-refractivity contribution in [1.29, 1.82) is 0 Å². The molecule has 1 aromatic rings. The summed E-state index contributed by atoms with van der Waals surface area (Å²) in [5.74, 6) is 1.39. The van der Waals surface area contributed by atoms with E-state index in [0.717, 1.165) is 19.0 Å². The van der Waals surface area contributed by atoms with E-state index in [1.54, 1.807) is 0 Å². The molecule has 1 aliphatic carbocycles. The zero-order valence-corrected chi connectivity index (χ0v) is 16.9. The summed E-state index contributed by atoms with van der Waals surface area (Å²) in [7, 11) is 0. The molecule has 0 spiro atoms. The summed E-state index contributed by atoms with van der Waals surface area (Å²) in [6, 6.07) is 8.65. The molecule has 24 heavy (non-hydrogen) atoms. The van der Waals surface area contributed by atoms with E-state index in [2.05, 4.69) is 39.5 Å². The first-order valence-corrected chi connectivity index (χ1v) is 9.14. The lowest BCUT2D eigenvalue weighted by molar-refractivity contribution is 0.220. The summed E-state index contributed by atoms with van der Waals surface area (Å²) in [5, 5.41) is 3.27. The Kier molecular flexibility index (Phi) is 8.32. The van der Waals surface area contributed by atoms with E-state index in [0.29, 0.717) is 12.5 Å². The van der Waals surface area contributed by atoms with Gasteiger partial charge in [-0.2, -0.15) is 0 Å². The molecule has 0 amide bonds. The zero-order valence-electron chi connectivity index (χ0n) is 14.5. The zero-order chi connectivity index (χ0) is 15.9. The average molecular weight is 442 g/mol. The minimum absolute atomic E-state index is 0. The van der Waals surface area contributed by atoms with E-state index in [1.807, 2.05) is 0 Å². The van der Waals surface area contributed by atoms with Crippen LogP contribution in [0.15, 0.2) is 29.3 Å². The van der Waals surface area contributed by atoms with Crippen LogP contribution in [0.5, 0.6) is 0 Å². The van der Waals surface area contributed by atoms with Crippen LogP contribution >= 0.6 is 24.0 Å². The molecular formula is C19H31IN4. The molecule has 1 heterocycles. The summed E-state index contributed by atoms with van der Waals surface area (Å²) in [4.78, 5) is 7.10. The molecule has 4 nitrogen and oxygen atoms in total. The lowest BCUT2D eigenvalue weighted by Crippen LogP contribution is -2.37. The molecule has 0 aromatic heterocycles. The first-order valence-electron chi connectivity index (χ1n) is 9.14. The Labute approximate surface area is 163 Å². The Bertz CT molecular complexity index is 522. The fraction of sp³-hybridized carbons (Fsp3) is 0.632. The van der Waals surface area contributed by atoms with Crippen molar-refractivity contribution in [1.82, 2.24) is 10.2 Å². The molecule has 0 bridgehead atoms. The first-order chi connectivity index (χ1) is 11.3. The smallest absolute Gasteiger partial charge is 0.188 e. The van der Waals surface area contributed by atoms with Gasteiger partial charge in [0.1, 0.15) is 0 Å². The van der Waals surface area contributed by atoms with E-state index < -0.39 is 0 Å². The van der Waals surface area contributed by atoms with Crippen LogP contribution in [0.25, 0.3) is 0 Å². The molecule has 2 aliphatic rings. The Morgan fingerprint density at radius 1 is 1.08 bits per heavy atom. The van der Waals surface area contributed by atoms with Crippen molar-refractivity contribution in [3.63, 3.8) is 0 Å². The van der Waals surface area contributed by atoms with Crippen LogP contribution in [0.4, 0.5) is 0 Å². The Hall–Kier alpha value is -0.820. The Morgan fingerprint density at radius 2 is 1.79 bits per heavy atom. The highest BCUT2D eigenvalue weighted by Crippen LogP contribution is 2.25. The van der Waals surface area contributed by atoms with E-state index in [1.165, 1.54) is 62.7 Å². The second-order valence-electron chi connectivity index (χ2n) is 6.98. The second kappa shape index (κ2) is 10.2. The van der Waals surface area contributed by atoms with Gasteiger partial charge in [0.2, 0.25) is 0 Å². The van der Waals surface area contributed by atoms with Gasteiger partial charge in [0.15, 0.2) is 5.96 Å². The van der Waals surface area contributed by atoms with Gasteiger partial charge in [0.05, 0.1) is 6.54 Å². The van der Waals surface area contributed by atoms with Gasteiger partial charge in [-0.15, -0.1) is 24.0 Å². The highest BCUT2D eigenvalue weighted by Gasteiger charge is 2.17. The van der Waals surface area contributed by atoms with Crippen molar-refractivity contribution in [3.05, 3.63) is 35.4 Å². The number of hydrogen-bond donors (Lipinski definition) is 2. The number of aliphatic imine (C=N–C) groups is 1. The topological polar surface area (TPSA) is 53.6 Å². The van der Waals surface area contributed by atoms with Gasteiger partial charge < -0.3 is 11.1 Å². The third-order valence-corrected chi connectivity index (χ3v) is 5.18. The maximum atomic E-state index is 6.01. The van der Waals surface area contributed by atoms with Crippen molar-refractivity contribution >= 4 is 29.9 Å². The molecule has 3 N–H and O–H groups in total. The Morgan fingerprint density at radius 3 is 2.46 bits per heavy atom. The normalized spacial score (nSPS) is 19.4.